The Balaban J connectivity index is 2.28. The Bertz CT molecular complexity index is 769. The first-order chi connectivity index (χ1) is 10.2. The van der Waals surface area contributed by atoms with Crippen molar-refractivity contribution in [3.63, 3.8) is 0 Å². The average molecular weight is 340 g/mol. The van der Waals surface area contributed by atoms with E-state index >= 15 is 0 Å². The van der Waals surface area contributed by atoms with Gasteiger partial charge in [-0.15, -0.1) is 0 Å². The van der Waals surface area contributed by atoms with E-state index in [0.717, 1.165) is 6.20 Å². The number of aromatic nitrogens is 2. The Morgan fingerprint density at radius 1 is 1.45 bits per heavy atom. The molecule has 0 bridgehead atoms. The van der Waals surface area contributed by atoms with Gasteiger partial charge >= 0.3 is 6.18 Å². The van der Waals surface area contributed by atoms with Crippen LogP contribution >= 0.6 is 11.6 Å². The summed E-state index contributed by atoms with van der Waals surface area (Å²) in [4.78, 5) is 26.4. The number of amides is 1. The van der Waals surface area contributed by atoms with E-state index in [4.69, 9.17) is 11.6 Å². The highest BCUT2D eigenvalue weighted by molar-refractivity contribution is 6.27. The fourth-order valence-corrected chi connectivity index (χ4v) is 1.66. The minimum Gasteiger partial charge on any atom is -0.422 e. The summed E-state index contributed by atoms with van der Waals surface area (Å²) >= 11 is 5.36. The van der Waals surface area contributed by atoms with Crippen molar-refractivity contribution in [2.75, 3.05) is 5.32 Å². The molecular formula is C11H6ClF4N3O3. The average Bonchev–Trinajstić information content (AvgIpc) is 2.80. The molecular weight excluding hydrogens is 334 g/mol. The third-order valence-corrected chi connectivity index (χ3v) is 2.53. The van der Waals surface area contributed by atoms with Gasteiger partial charge in [0.2, 0.25) is 5.76 Å². The number of nitrogens with zero attached hydrogens (tertiary/aromatic N) is 2. The van der Waals surface area contributed by atoms with Gasteiger partial charge in [0, 0.05) is 12.3 Å². The third-order valence-electron chi connectivity index (χ3n) is 2.35. The molecule has 6 nitrogen and oxygen atoms in total. The number of hydrogen-bond acceptors (Lipinski definition) is 4. The zero-order valence-electron chi connectivity index (χ0n) is 10.4. The molecule has 0 unspecified atom stereocenters. The second-order valence-electron chi connectivity index (χ2n) is 4.06. The molecule has 2 heterocycles. The molecule has 1 amide bonds. The van der Waals surface area contributed by atoms with Crippen LogP contribution in [-0.4, -0.2) is 21.6 Å². The highest BCUT2D eigenvalue weighted by Gasteiger charge is 2.29. The molecule has 0 atom stereocenters. The second-order valence-corrected chi connectivity index (χ2v) is 4.38. The SMILES string of the molecule is O=C(Nc1cc(F)c(=O)n(CC(F)(F)F)c1)c1cnc(Cl)o1. The van der Waals surface area contributed by atoms with E-state index in [1.54, 1.807) is 0 Å². The molecule has 2 rings (SSSR count). The maximum Gasteiger partial charge on any atom is 0.406 e. The van der Waals surface area contributed by atoms with E-state index in [2.05, 4.69) is 14.7 Å². The van der Waals surface area contributed by atoms with Crippen LogP contribution in [0.15, 0.2) is 27.7 Å². The molecule has 0 aromatic carbocycles. The maximum absolute atomic E-state index is 13.4. The van der Waals surface area contributed by atoms with E-state index in [1.807, 2.05) is 0 Å². The summed E-state index contributed by atoms with van der Waals surface area (Å²) in [7, 11) is 0. The third kappa shape index (κ3) is 3.85. The van der Waals surface area contributed by atoms with E-state index in [9.17, 15) is 27.2 Å². The Labute approximate surface area is 124 Å². The van der Waals surface area contributed by atoms with Crippen molar-refractivity contribution in [3.8, 4) is 0 Å². The van der Waals surface area contributed by atoms with Gasteiger partial charge in [-0.2, -0.15) is 13.2 Å². The molecule has 118 valence electrons. The Hall–Kier alpha value is -2.36. The number of oxazole rings is 1. The Morgan fingerprint density at radius 3 is 2.68 bits per heavy atom. The van der Waals surface area contributed by atoms with Gasteiger partial charge in [-0.1, -0.05) is 0 Å². The predicted molar refractivity (Wildman–Crippen MR) is 66.2 cm³/mol. The van der Waals surface area contributed by atoms with Crippen LogP contribution in [0.3, 0.4) is 0 Å². The highest BCUT2D eigenvalue weighted by Crippen LogP contribution is 2.18. The van der Waals surface area contributed by atoms with Gasteiger partial charge in [0.05, 0.1) is 11.9 Å². The molecule has 0 saturated carbocycles. The van der Waals surface area contributed by atoms with Crippen molar-refractivity contribution < 1.29 is 26.8 Å². The fraction of sp³-hybridized carbons (Fsp3) is 0.182. The first-order valence-electron chi connectivity index (χ1n) is 5.55. The molecule has 2 aromatic rings. The number of halogens is 5. The first kappa shape index (κ1) is 16.0. The summed E-state index contributed by atoms with van der Waals surface area (Å²) in [6, 6.07) is 0.588. The summed E-state index contributed by atoms with van der Waals surface area (Å²) in [5.41, 5.74) is -1.82. The van der Waals surface area contributed by atoms with Gasteiger partial charge in [0.15, 0.2) is 5.82 Å². The number of nitrogens with one attached hydrogen (secondary N) is 1. The van der Waals surface area contributed by atoms with Gasteiger partial charge in [-0.3, -0.25) is 9.59 Å². The fourth-order valence-electron chi connectivity index (χ4n) is 1.53. The van der Waals surface area contributed by atoms with Crippen molar-refractivity contribution in [2.24, 2.45) is 0 Å². The molecule has 1 N–H and O–H groups in total. The van der Waals surface area contributed by atoms with E-state index in [0.29, 0.717) is 12.3 Å². The smallest absolute Gasteiger partial charge is 0.406 e. The van der Waals surface area contributed by atoms with Crippen LogP contribution in [0.2, 0.25) is 5.35 Å². The van der Waals surface area contributed by atoms with Gasteiger partial charge < -0.3 is 14.3 Å². The van der Waals surface area contributed by atoms with Crippen LogP contribution in [-0.2, 0) is 6.54 Å². The van der Waals surface area contributed by atoms with Gasteiger partial charge in [-0.25, -0.2) is 9.37 Å². The quantitative estimate of drug-likeness (QED) is 0.871. The van der Waals surface area contributed by atoms with Crippen molar-refractivity contribution in [2.45, 2.75) is 12.7 Å². The molecule has 0 aliphatic rings. The number of alkyl halides is 3. The standard InChI is InChI=1S/C11H6ClF4N3O3/c12-10-17-2-7(22-10)8(20)18-5-1-6(13)9(21)19(3-5)4-11(14,15)16/h1-3H,4H2,(H,18,20). The lowest BCUT2D eigenvalue weighted by Crippen LogP contribution is -2.30. The van der Waals surface area contributed by atoms with Gasteiger partial charge in [0.1, 0.15) is 6.54 Å². The van der Waals surface area contributed by atoms with Crippen molar-refractivity contribution in [1.29, 1.82) is 0 Å². The van der Waals surface area contributed by atoms with Crippen LogP contribution in [0.4, 0.5) is 23.2 Å². The summed E-state index contributed by atoms with van der Waals surface area (Å²) in [5.74, 6) is -2.70. The number of pyridine rings is 1. The van der Waals surface area contributed by atoms with E-state index < -0.39 is 30.0 Å². The zero-order valence-corrected chi connectivity index (χ0v) is 11.2. The molecule has 2 aromatic heterocycles. The number of anilines is 1. The van der Waals surface area contributed by atoms with E-state index in [1.165, 1.54) is 0 Å². The largest absolute Gasteiger partial charge is 0.422 e. The monoisotopic (exact) mass is 339 g/mol. The maximum atomic E-state index is 13.4. The minimum absolute atomic E-state index is 0.0955. The molecule has 0 fully saturated rings. The normalized spacial score (nSPS) is 11.5. The number of carbonyl (C=O) groups is 1. The first-order valence-corrected chi connectivity index (χ1v) is 5.93. The van der Waals surface area contributed by atoms with Crippen LogP contribution in [0, 0.1) is 5.82 Å². The lowest BCUT2D eigenvalue weighted by atomic mass is 10.3. The number of hydrogen-bond donors (Lipinski definition) is 1. The Morgan fingerprint density at radius 2 is 2.14 bits per heavy atom. The number of carbonyl (C=O) groups excluding carboxylic acids is 1. The molecule has 22 heavy (non-hydrogen) atoms. The molecule has 0 spiro atoms. The molecule has 11 heteroatoms. The lowest BCUT2D eigenvalue weighted by Gasteiger charge is -2.11. The molecule has 0 saturated heterocycles. The van der Waals surface area contributed by atoms with Crippen LogP contribution in [0.1, 0.15) is 10.6 Å². The summed E-state index contributed by atoms with van der Waals surface area (Å²) in [5, 5.41) is 1.75. The van der Waals surface area contributed by atoms with Crippen molar-refractivity contribution >= 4 is 23.2 Å². The topological polar surface area (TPSA) is 77.1 Å². The van der Waals surface area contributed by atoms with Crippen LogP contribution in [0.25, 0.3) is 0 Å². The second kappa shape index (κ2) is 5.79. The zero-order chi connectivity index (χ0) is 16.5. The summed E-state index contributed by atoms with van der Waals surface area (Å²) < 4.78 is 55.1. The van der Waals surface area contributed by atoms with Crippen LogP contribution in [0.5, 0.6) is 0 Å². The summed E-state index contributed by atoms with van der Waals surface area (Å²) in [6.07, 6.45) is -3.09. The van der Waals surface area contributed by atoms with Gasteiger partial charge in [0.25, 0.3) is 16.8 Å². The summed E-state index contributed by atoms with van der Waals surface area (Å²) in [6.45, 7) is -1.69. The number of rotatable bonds is 3. The lowest BCUT2D eigenvalue weighted by molar-refractivity contribution is -0.141. The van der Waals surface area contributed by atoms with Crippen molar-refractivity contribution in [3.05, 3.63) is 45.7 Å². The Kier molecular flexibility index (Phi) is 4.22. The predicted octanol–water partition coefficient (Wildman–Crippen LogP) is 2.44. The highest BCUT2D eigenvalue weighted by atomic mass is 35.5. The van der Waals surface area contributed by atoms with Crippen LogP contribution < -0.4 is 10.9 Å². The molecule has 0 aliphatic carbocycles. The minimum atomic E-state index is -4.72. The van der Waals surface area contributed by atoms with E-state index in [-0.39, 0.29) is 21.4 Å². The van der Waals surface area contributed by atoms with Crippen molar-refractivity contribution in [1.82, 2.24) is 9.55 Å². The molecule has 0 radical (unpaired) electrons. The molecule has 0 aliphatic heterocycles. The van der Waals surface area contributed by atoms with Gasteiger partial charge in [-0.05, 0) is 11.6 Å².